The number of hydrogen-bond acceptors (Lipinski definition) is 5. The van der Waals surface area contributed by atoms with Crippen molar-refractivity contribution in [1.29, 1.82) is 0 Å². The first-order valence-corrected chi connectivity index (χ1v) is 10.5. The first kappa shape index (κ1) is 21.6. The van der Waals surface area contributed by atoms with Crippen LogP contribution in [0.1, 0.15) is 22.8 Å². The summed E-state index contributed by atoms with van der Waals surface area (Å²) in [6, 6.07) is 14.0. The molecule has 1 aliphatic heterocycles. The SMILES string of the molecule is CCOC(=O)CN1Cc2ccccc2N(C(=O)c2ccc(-n3cccn3)cc2Cl)CC1=O. The van der Waals surface area contributed by atoms with Crippen LogP contribution in [-0.4, -0.2) is 52.2 Å². The van der Waals surface area contributed by atoms with Crippen LogP contribution in [-0.2, 0) is 20.9 Å². The minimum atomic E-state index is -0.490. The van der Waals surface area contributed by atoms with E-state index in [4.69, 9.17) is 16.3 Å². The van der Waals surface area contributed by atoms with E-state index in [-0.39, 0.29) is 42.7 Å². The van der Waals surface area contributed by atoms with Crippen LogP contribution in [0.2, 0.25) is 5.02 Å². The van der Waals surface area contributed by atoms with E-state index in [0.717, 1.165) is 5.56 Å². The molecule has 0 bridgehead atoms. The molecule has 1 aromatic heterocycles. The number of hydrogen-bond donors (Lipinski definition) is 0. The number of nitrogens with zero attached hydrogens (tertiary/aromatic N) is 4. The summed E-state index contributed by atoms with van der Waals surface area (Å²) in [7, 11) is 0. The van der Waals surface area contributed by atoms with Crippen LogP contribution in [0.5, 0.6) is 0 Å². The van der Waals surface area contributed by atoms with E-state index in [1.807, 2.05) is 12.1 Å². The molecule has 1 aliphatic rings. The van der Waals surface area contributed by atoms with Crippen molar-refractivity contribution >= 4 is 35.1 Å². The smallest absolute Gasteiger partial charge is 0.325 e. The Morgan fingerprint density at radius 1 is 1.12 bits per heavy atom. The van der Waals surface area contributed by atoms with Gasteiger partial charge in [-0.2, -0.15) is 5.10 Å². The van der Waals surface area contributed by atoms with Crippen LogP contribution < -0.4 is 4.90 Å². The molecule has 0 aliphatic carbocycles. The van der Waals surface area contributed by atoms with Gasteiger partial charge in [0.15, 0.2) is 0 Å². The zero-order valence-electron chi connectivity index (χ0n) is 17.4. The maximum atomic E-state index is 13.5. The zero-order chi connectivity index (χ0) is 22.7. The summed E-state index contributed by atoms with van der Waals surface area (Å²) < 4.78 is 6.62. The van der Waals surface area contributed by atoms with Crippen molar-refractivity contribution in [2.75, 3.05) is 24.6 Å². The van der Waals surface area contributed by atoms with Crippen molar-refractivity contribution in [1.82, 2.24) is 14.7 Å². The predicted octanol–water partition coefficient (Wildman–Crippen LogP) is 3.08. The first-order chi connectivity index (χ1) is 15.5. The number of carbonyl (C=O) groups is 3. The van der Waals surface area contributed by atoms with Crippen LogP contribution in [0.4, 0.5) is 5.69 Å². The second kappa shape index (κ2) is 9.23. The number of anilines is 1. The van der Waals surface area contributed by atoms with Gasteiger partial charge >= 0.3 is 5.97 Å². The molecule has 0 atom stereocenters. The van der Waals surface area contributed by atoms with E-state index < -0.39 is 11.9 Å². The number of ether oxygens (including phenoxy) is 1. The Kier molecular flexibility index (Phi) is 6.23. The van der Waals surface area contributed by atoms with Gasteiger partial charge in [0.1, 0.15) is 13.1 Å². The first-order valence-electron chi connectivity index (χ1n) is 10.1. The number of halogens is 1. The molecule has 9 heteroatoms. The van der Waals surface area contributed by atoms with Crippen molar-refractivity contribution in [3.63, 3.8) is 0 Å². The van der Waals surface area contributed by atoms with Crippen molar-refractivity contribution in [3.8, 4) is 5.69 Å². The molecule has 0 saturated carbocycles. The van der Waals surface area contributed by atoms with Crippen molar-refractivity contribution in [2.45, 2.75) is 13.5 Å². The van der Waals surface area contributed by atoms with E-state index in [0.29, 0.717) is 11.4 Å². The van der Waals surface area contributed by atoms with Crippen molar-refractivity contribution < 1.29 is 19.1 Å². The molecule has 2 aromatic carbocycles. The van der Waals surface area contributed by atoms with Gasteiger partial charge in [0.05, 0.1) is 22.9 Å². The van der Waals surface area contributed by atoms with Gasteiger partial charge in [0.2, 0.25) is 5.91 Å². The number of fused-ring (bicyclic) bond motifs is 1. The lowest BCUT2D eigenvalue weighted by atomic mass is 10.1. The fourth-order valence-electron chi connectivity index (χ4n) is 3.60. The van der Waals surface area contributed by atoms with Crippen LogP contribution in [0.25, 0.3) is 5.69 Å². The summed E-state index contributed by atoms with van der Waals surface area (Å²) in [5, 5.41) is 4.41. The average Bonchev–Trinajstić information content (AvgIpc) is 3.28. The predicted molar refractivity (Wildman–Crippen MR) is 119 cm³/mol. The third kappa shape index (κ3) is 4.36. The number of benzene rings is 2. The second-order valence-corrected chi connectivity index (χ2v) is 7.60. The highest BCUT2D eigenvalue weighted by Crippen LogP contribution is 2.29. The summed E-state index contributed by atoms with van der Waals surface area (Å²) in [6.07, 6.45) is 3.42. The summed E-state index contributed by atoms with van der Waals surface area (Å²) in [6.45, 7) is 1.74. The number of amides is 2. The molecule has 0 radical (unpaired) electrons. The normalized spacial score (nSPS) is 13.5. The molecule has 0 spiro atoms. The summed E-state index contributed by atoms with van der Waals surface area (Å²) >= 11 is 6.45. The second-order valence-electron chi connectivity index (χ2n) is 7.19. The Balaban J connectivity index is 1.65. The van der Waals surface area contributed by atoms with Gasteiger partial charge in [0, 0.05) is 24.6 Å². The molecular weight excluding hydrogens is 432 g/mol. The number of esters is 1. The highest BCUT2D eigenvalue weighted by atomic mass is 35.5. The molecule has 4 rings (SSSR count). The van der Waals surface area contributed by atoms with E-state index >= 15 is 0 Å². The molecule has 0 N–H and O–H groups in total. The zero-order valence-corrected chi connectivity index (χ0v) is 18.2. The number of para-hydroxylation sites is 1. The number of rotatable bonds is 5. The molecule has 0 saturated heterocycles. The van der Waals surface area contributed by atoms with Crippen LogP contribution in [0.15, 0.2) is 60.9 Å². The minimum absolute atomic E-state index is 0.178. The van der Waals surface area contributed by atoms with Crippen LogP contribution in [0, 0.1) is 0 Å². The molecule has 2 heterocycles. The molecule has 32 heavy (non-hydrogen) atoms. The maximum absolute atomic E-state index is 13.5. The Morgan fingerprint density at radius 3 is 2.66 bits per heavy atom. The molecule has 8 nitrogen and oxygen atoms in total. The highest BCUT2D eigenvalue weighted by Gasteiger charge is 2.31. The third-order valence-corrected chi connectivity index (χ3v) is 5.42. The van der Waals surface area contributed by atoms with Gasteiger partial charge in [-0.3, -0.25) is 19.3 Å². The lowest BCUT2D eigenvalue weighted by Crippen LogP contribution is -2.42. The van der Waals surface area contributed by atoms with Gasteiger partial charge in [-0.25, -0.2) is 4.68 Å². The van der Waals surface area contributed by atoms with E-state index in [9.17, 15) is 14.4 Å². The molecule has 3 aromatic rings. The van der Waals surface area contributed by atoms with Gasteiger partial charge < -0.3 is 9.64 Å². The lowest BCUT2D eigenvalue weighted by molar-refractivity contribution is -0.148. The third-order valence-electron chi connectivity index (χ3n) is 5.11. The molecular formula is C23H21ClN4O4. The van der Waals surface area contributed by atoms with Gasteiger partial charge in [-0.1, -0.05) is 29.8 Å². The maximum Gasteiger partial charge on any atom is 0.325 e. The monoisotopic (exact) mass is 452 g/mol. The van der Waals surface area contributed by atoms with E-state index in [1.165, 1.54) is 9.80 Å². The Hall–Kier alpha value is -3.65. The summed E-state index contributed by atoms with van der Waals surface area (Å²) in [4.78, 5) is 41.2. The number of aromatic nitrogens is 2. The minimum Gasteiger partial charge on any atom is -0.465 e. The molecule has 164 valence electrons. The summed E-state index contributed by atoms with van der Waals surface area (Å²) in [5.41, 5.74) is 2.33. The Bertz CT molecular complexity index is 1160. The van der Waals surface area contributed by atoms with Crippen LogP contribution >= 0.6 is 11.6 Å². The topological polar surface area (TPSA) is 84.7 Å². The molecule has 0 fully saturated rings. The van der Waals surface area contributed by atoms with Crippen molar-refractivity contribution in [2.24, 2.45) is 0 Å². The fraction of sp³-hybridized carbons (Fsp3) is 0.217. The highest BCUT2D eigenvalue weighted by molar-refractivity contribution is 6.35. The summed E-state index contributed by atoms with van der Waals surface area (Å²) in [5.74, 6) is -1.25. The average molecular weight is 453 g/mol. The lowest BCUT2D eigenvalue weighted by Gasteiger charge is -2.23. The Labute approximate surface area is 189 Å². The number of carbonyl (C=O) groups excluding carboxylic acids is 3. The molecule has 0 unspecified atom stereocenters. The van der Waals surface area contributed by atoms with Crippen LogP contribution in [0.3, 0.4) is 0 Å². The van der Waals surface area contributed by atoms with Gasteiger partial charge in [0.25, 0.3) is 5.91 Å². The van der Waals surface area contributed by atoms with Gasteiger partial charge in [-0.05, 0) is 42.8 Å². The van der Waals surface area contributed by atoms with Crippen molar-refractivity contribution in [3.05, 3.63) is 77.1 Å². The van der Waals surface area contributed by atoms with E-state index in [2.05, 4.69) is 5.10 Å². The fourth-order valence-corrected chi connectivity index (χ4v) is 3.85. The quantitative estimate of drug-likeness (QED) is 0.555. The largest absolute Gasteiger partial charge is 0.465 e. The Morgan fingerprint density at radius 2 is 1.94 bits per heavy atom. The van der Waals surface area contributed by atoms with Gasteiger partial charge in [-0.15, -0.1) is 0 Å². The standard InChI is InChI=1S/C23H21ClN4O4/c1-2-32-22(30)15-26-13-16-6-3-4-7-20(16)27(14-21(26)29)23(31)18-9-8-17(12-19(18)24)28-11-5-10-25-28/h3-12H,2,13-15H2,1H3. The van der Waals surface area contributed by atoms with E-state index in [1.54, 1.807) is 60.4 Å². The molecule has 2 amide bonds.